The first-order valence-electron chi connectivity index (χ1n) is 9.40. The monoisotopic (exact) mass is 317 g/mol. The molecule has 1 heterocycles. The molecule has 0 aromatic rings. The van der Waals surface area contributed by atoms with Crippen molar-refractivity contribution in [2.75, 3.05) is 39.8 Å². The second-order valence-corrected chi connectivity index (χ2v) is 6.00. The molecule has 0 aliphatic carbocycles. The molecule has 4 nitrogen and oxygen atoms in total. The molecule has 0 aromatic carbocycles. The lowest BCUT2D eigenvalue weighted by atomic mass is 9.96. The van der Waals surface area contributed by atoms with Gasteiger partial charge in [-0.25, -0.2) is 0 Å². The van der Waals surface area contributed by atoms with Gasteiger partial charge in [0.25, 0.3) is 0 Å². The first-order chi connectivity index (χ1) is 10.8. The minimum Gasteiger partial charge on any atom is -0.356 e. The minimum atomic E-state index is 0. The molecular weight excluding hydrogens is 274 g/mol. The van der Waals surface area contributed by atoms with E-state index in [1.54, 1.807) is 0 Å². The molecule has 0 spiro atoms. The predicted molar refractivity (Wildman–Crippen MR) is 100 cm³/mol. The minimum absolute atomic E-state index is 0. The number of nitrogens with zero attached hydrogens (tertiary/aromatic N) is 1. The molecule has 0 atom stereocenters. The predicted octanol–water partition coefficient (Wildman–Crippen LogP) is 3.52. The maximum atomic E-state index is 11.7. The third-order valence-corrected chi connectivity index (χ3v) is 4.13. The van der Waals surface area contributed by atoms with Gasteiger partial charge in [-0.2, -0.15) is 0 Å². The van der Waals surface area contributed by atoms with Crippen molar-refractivity contribution in [1.82, 2.24) is 15.5 Å². The van der Waals surface area contributed by atoms with E-state index in [1.165, 1.54) is 32.1 Å². The van der Waals surface area contributed by atoms with Crippen molar-refractivity contribution in [3.63, 3.8) is 0 Å². The van der Waals surface area contributed by atoms with Gasteiger partial charge in [0.2, 0.25) is 5.91 Å². The number of likely N-dealkylation sites (tertiary alicyclic amines) is 1. The molecule has 0 bridgehead atoms. The molecule has 1 aliphatic heterocycles. The molecule has 4 heteroatoms. The Hall–Kier alpha value is -0.610. The van der Waals surface area contributed by atoms with E-state index in [2.05, 4.69) is 22.5 Å². The average Bonchev–Trinajstić information content (AvgIpc) is 2.50. The van der Waals surface area contributed by atoms with E-state index < -0.39 is 0 Å². The molecule has 2 N–H and O–H groups in total. The molecule has 1 saturated heterocycles. The summed E-state index contributed by atoms with van der Waals surface area (Å²) in [7, 11) is 2.01. The Morgan fingerprint density at radius 2 is 1.59 bits per heavy atom. The standard InChI is InChI=1S/C16H33N3O.C2H6.2H2/c1-3-19-13-15(14-19)12-16(20)18-11-9-7-5-4-6-8-10-17-2;1-2;;/h15,17H,3-14H2,1-2H3,(H,18,20);1-2H3;2*1H. The average molecular weight is 318 g/mol. The van der Waals surface area contributed by atoms with E-state index >= 15 is 0 Å². The van der Waals surface area contributed by atoms with E-state index in [4.69, 9.17) is 0 Å². The van der Waals surface area contributed by atoms with Crippen LogP contribution in [-0.2, 0) is 4.79 Å². The highest BCUT2D eigenvalue weighted by molar-refractivity contribution is 5.76. The van der Waals surface area contributed by atoms with Crippen molar-refractivity contribution in [1.29, 1.82) is 0 Å². The number of amides is 1. The van der Waals surface area contributed by atoms with Gasteiger partial charge in [-0.3, -0.25) is 4.79 Å². The third-order valence-electron chi connectivity index (χ3n) is 4.13. The van der Waals surface area contributed by atoms with E-state index in [1.807, 2.05) is 20.9 Å². The van der Waals surface area contributed by atoms with Gasteiger partial charge >= 0.3 is 0 Å². The molecule has 1 rings (SSSR count). The second-order valence-electron chi connectivity index (χ2n) is 6.00. The highest BCUT2D eigenvalue weighted by Crippen LogP contribution is 2.17. The van der Waals surface area contributed by atoms with Gasteiger partial charge in [0.05, 0.1) is 0 Å². The number of carbonyl (C=O) groups excluding carboxylic acids is 1. The zero-order valence-electron chi connectivity index (χ0n) is 15.4. The Morgan fingerprint density at radius 3 is 2.14 bits per heavy atom. The van der Waals surface area contributed by atoms with Crippen LogP contribution in [-0.4, -0.2) is 50.6 Å². The van der Waals surface area contributed by atoms with Gasteiger partial charge in [-0.1, -0.05) is 46.5 Å². The molecule has 0 unspecified atom stereocenters. The summed E-state index contributed by atoms with van der Waals surface area (Å²) in [5, 5.41) is 6.23. The van der Waals surface area contributed by atoms with Crippen LogP contribution in [0.3, 0.4) is 0 Å². The van der Waals surface area contributed by atoms with Gasteiger partial charge < -0.3 is 15.5 Å². The Kier molecular flexibility index (Phi) is 14.9. The SMILES string of the molecule is CC.CCN1CC(CC(=O)NCCCCCCCCNC)C1.[HH].[HH]. The zero-order chi connectivity index (χ0) is 16.6. The van der Waals surface area contributed by atoms with Crippen LogP contribution in [0.15, 0.2) is 0 Å². The number of nitrogens with one attached hydrogen (secondary N) is 2. The summed E-state index contributed by atoms with van der Waals surface area (Å²) in [6, 6.07) is 0. The van der Waals surface area contributed by atoms with Crippen LogP contribution >= 0.6 is 0 Å². The maximum absolute atomic E-state index is 11.7. The van der Waals surface area contributed by atoms with Gasteiger partial charge in [0.1, 0.15) is 0 Å². The van der Waals surface area contributed by atoms with E-state index in [0.717, 1.165) is 45.6 Å². The highest BCUT2D eigenvalue weighted by atomic mass is 16.1. The van der Waals surface area contributed by atoms with Gasteiger partial charge in [-0.15, -0.1) is 0 Å². The lowest BCUT2D eigenvalue weighted by Gasteiger charge is -2.38. The number of unbranched alkanes of at least 4 members (excludes halogenated alkanes) is 5. The fourth-order valence-electron chi connectivity index (χ4n) is 2.76. The van der Waals surface area contributed by atoms with Crippen molar-refractivity contribution in [3.05, 3.63) is 0 Å². The van der Waals surface area contributed by atoms with Crippen molar-refractivity contribution in [2.24, 2.45) is 5.92 Å². The van der Waals surface area contributed by atoms with Crippen LogP contribution in [0.2, 0.25) is 0 Å². The molecule has 1 amide bonds. The quantitative estimate of drug-likeness (QED) is 0.541. The van der Waals surface area contributed by atoms with Crippen LogP contribution < -0.4 is 10.6 Å². The van der Waals surface area contributed by atoms with E-state index in [9.17, 15) is 4.79 Å². The van der Waals surface area contributed by atoms with Gasteiger partial charge in [0, 0.05) is 28.9 Å². The molecule has 136 valence electrons. The van der Waals surface area contributed by atoms with Crippen LogP contribution in [0.1, 0.15) is 68.6 Å². The smallest absolute Gasteiger partial charge is 0.220 e. The number of hydrogen-bond acceptors (Lipinski definition) is 3. The summed E-state index contributed by atoms with van der Waals surface area (Å²) in [6.45, 7) is 11.5. The molecule has 0 aromatic heterocycles. The summed E-state index contributed by atoms with van der Waals surface area (Å²) in [5.41, 5.74) is 0. The van der Waals surface area contributed by atoms with Crippen LogP contribution in [0.25, 0.3) is 0 Å². The van der Waals surface area contributed by atoms with E-state index in [-0.39, 0.29) is 8.76 Å². The fraction of sp³-hybridized carbons (Fsp3) is 0.944. The number of carbonyl (C=O) groups is 1. The molecular formula is C18H43N3O. The first-order valence-corrected chi connectivity index (χ1v) is 9.40. The summed E-state index contributed by atoms with van der Waals surface area (Å²) < 4.78 is 0. The largest absolute Gasteiger partial charge is 0.356 e. The summed E-state index contributed by atoms with van der Waals surface area (Å²) >= 11 is 0. The van der Waals surface area contributed by atoms with Crippen molar-refractivity contribution < 1.29 is 7.65 Å². The summed E-state index contributed by atoms with van der Waals surface area (Å²) in [5.74, 6) is 0.849. The Bertz CT molecular complexity index is 263. The van der Waals surface area contributed by atoms with Gasteiger partial charge in [0.15, 0.2) is 0 Å². The van der Waals surface area contributed by atoms with Crippen LogP contribution in [0.4, 0.5) is 0 Å². The molecule has 1 aliphatic rings. The molecule has 1 fully saturated rings. The Labute approximate surface area is 141 Å². The summed E-state index contributed by atoms with van der Waals surface area (Å²) in [4.78, 5) is 14.1. The van der Waals surface area contributed by atoms with Crippen LogP contribution in [0.5, 0.6) is 0 Å². The van der Waals surface area contributed by atoms with Crippen molar-refractivity contribution in [2.45, 2.75) is 65.7 Å². The van der Waals surface area contributed by atoms with Crippen molar-refractivity contribution >= 4 is 5.91 Å². The molecule has 22 heavy (non-hydrogen) atoms. The Balaban J connectivity index is -0.00000106. The first kappa shape index (κ1) is 21.4. The lowest BCUT2D eigenvalue weighted by Crippen LogP contribution is -2.48. The second kappa shape index (κ2) is 15.3. The topological polar surface area (TPSA) is 44.4 Å². The molecule has 0 radical (unpaired) electrons. The van der Waals surface area contributed by atoms with Gasteiger partial charge in [-0.05, 0) is 38.9 Å². The fourth-order valence-corrected chi connectivity index (χ4v) is 2.76. The normalized spacial score (nSPS) is 14.9. The Morgan fingerprint density at radius 1 is 1.05 bits per heavy atom. The third kappa shape index (κ3) is 11.0. The van der Waals surface area contributed by atoms with Crippen LogP contribution in [0, 0.1) is 5.92 Å². The summed E-state index contributed by atoms with van der Waals surface area (Å²) in [6.07, 6.45) is 8.32. The van der Waals surface area contributed by atoms with E-state index in [0.29, 0.717) is 5.92 Å². The number of hydrogen-bond donors (Lipinski definition) is 2. The number of rotatable bonds is 12. The lowest BCUT2D eigenvalue weighted by molar-refractivity contribution is -0.123. The molecule has 0 saturated carbocycles. The zero-order valence-corrected chi connectivity index (χ0v) is 15.4. The van der Waals surface area contributed by atoms with Crippen molar-refractivity contribution in [3.8, 4) is 0 Å². The maximum Gasteiger partial charge on any atom is 0.220 e. The highest BCUT2D eigenvalue weighted by Gasteiger charge is 2.26.